The fraction of sp³-hybridized carbons (Fsp3) is 0.222. The van der Waals surface area contributed by atoms with Crippen LogP contribution in [0.5, 0.6) is 5.75 Å². The first-order valence-electron chi connectivity index (χ1n) is 10.6. The maximum Gasteiger partial charge on any atom is 0.141 e. The molecule has 0 saturated carbocycles. The molecule has 0 bridgehead atoms. The van der Waals surface area contributed by atoms with Crippen LogP contribution in [0.15, 0.2) is 71.3 Å². The molecule has 158 valence electrons. The summed E-state index contributed by atoms with van der Waals surface area (Å²) in [5, 5.41) is 1.03. The van der Waals surface area contributed by atoms with Crippen LogP contribution >= 0.6 is 0 Å². The van der Waals surface area contributed by atoms with Gasteiger partial charge in [0, 0.05) is 29.5 Å². The number of Topliss-reactive ketones (excluding diaryl/α,β-unsaturated/α-hetero) is 1. The Labute approximate surface area is 182 Å². The van der Waals surface area contributed by atoms with Crippen molar-refractivity contribution in [1.82, 2.24) is 0 Å². The lowest BCUT2D eigenvalue weighted by Crippen LogP contribution is -2.03. The minimum absolute atomic E-state index is 0.121. The van der Waals surface area contributed by atoms with E-state index in [0.717, 1.165) is 51.0 Å². The first kappa shape index (κ1) is 20.9. The summed E-state index contributed by atoms with van der Waals surface area (Å²) in [7, 11) is 0. The highest BCUT2D eigenvalue weighted by Gasteiger charge is 2.12. The van der Waals surface area contributed by atoms with E-state index in [-0.39, 0.29) is 5.78 Å². The zero-order valence-electron chi connectivity index (χ0n) is 18.0. The third-order valence-corrected chi connectivity index (χ3v) is 5.46. The number of ether oxygens (including phenoxy) is 1. The quantitative estimate of drug-likeness (QED) is 0.395. The minimum atomic E-state index is 0.121. The number of nitrogens with two attached hydrogens (primary N) is 1. The molecule has 0 amide bonds. The van der Waals surface area contributed by atoms with Crippen molar-refractivity contribution in [2.45, 2.75) is 39.8 Å². The van der Waals surface area contributed by atoms with Crippen molar-refractivity contribution in [3.63, 3.8) is 0 Å². The molecule has 0 spiro atoms. The molecule has 4 nitrogen and oxygen atoms in total. The zero-order valence-corrected chi connectivity index (χ0v) is 18.0. The van der Waals surface area contributed by atoms with Gasteiger partial charge < -0.3 is 14.9 Å². The summed E-state index contributed by atoms with van der Waals surface area (Å²) in [5.74, 6) is 0.893. The van der Waals surface area contributed by atoms with Crippen molar-refractivity contribution in [3.05, 3.63) is 89.2 Å². The number of furan rings is 1. The normalized spacial score (nSPS) is 11.1. The second-order valence-electron chi connectivity index (χ2n) is 7.85. The number of hydrogen-bond donors (Lipinski definition) is 1. The number of rotatable bonds is 8. The molecule has 0 unspecified atom stereocenters. The van der Waals surface area contributed by atoms with Gasteiger partial charge in [0.1, 0.15) is 23.7 Å². The van der Waals surface area contributed by atoms with E-state index in [1.54, 1.807) is 13.2 Å². The van der Waals surface area contributed by atoms with E-state index >= 15 is 0 Å². The number of hydrogen-bond acceptors (Lipinski definition) is 4. The third-order valence-electron chi connectivity index (χ3n) is 5.46. The van der Waals surface area contributed by atoms with E-state index in [2.05, 4.69) is 37.3 Å². The molecule has 0 aliphatic heterocycles. The first-order chi connectivity index (χ1) is 15.1. The van der Waals surface area contributed by atoms with E-state index in [1.807, 2.05) is 30.3 Å². The van der Waals surface area contributed by atoms with E-state index in [9.17, 15) is 4.79 Å². The Morgan fingerprint density at radius 1 is 1.00 bits per heavy atom. The van der Waals surface area contributed by atoms with Crippen molar-refractivity contribution < 1.29 is 13.9 Å². The van der Waals surface area contributed by atoms with Gasteiger partial charge in [0.25, 0.3) is 0 Å². The molecule has 0 fully saturated rings. The molecule has 1 heterocycles. The van der Waals surface area contributed by atoms with Crippen LogP contribution in [0.25, 0.3) is 22.1 Å². The van der Waals surface area contributed by atoms with Gasteiger partial charge in [-0.15, -0.1) is 0 Å². The van der Waals surface area contributed by atoms with Gasteiger partial charge in [-0.05, 0) is 65.9 Å². The fourth-order valence-electron chi connectivity index (χ4n) is 3.84. The topological polar surface area (TPSA) is 65.5 Å². The molecule has 0 aliphatic rings. The summed E-state index contributed by atoms with van der Waals surface area (Å²) in [6.45, 7) is 4.61. The molecule has 0 aliphatic carbocycles. The largest absolute Gasteiger partial charge is 0.489 e. The molecule has 2 N–H and O–H groups in total. The van der Waals surface area contributed by atoms with Crippen molar-refractivity contribution in [1.29, 1.82) is 0 Å². The van der Waals surface area contributed by atoms with Gasteiger partial charge in [-0.3, -0.25) is 4.79 Å². The van der Waals surface area contributed by atoms with E-state index in [4.69, 9.17) is 14.9 Å². The van der Waals surface area contributed by atoms with Crippen molar-refractivity contribution >= 4 is 16.8 Å². The lowest BCUT2D eigenvalue weighted by molar-refractivity contribution is -0.116. The standard InChI is InChI=1S/C27H27NO3/c1-3-19-7-8-23(11-18(2)29)26(15-19)31-17-21-13-24-9-10-30-27(24)25(14-21)22-6-4-5-20(12-22)16-28/h4-10,12-15H,3,11,16-17,28H2,1-2H3. The van der Waals surface area contributed by atoms with Crippen LogP contribution in [0.2, 0.25) is 0 Å². The van der Waals surface area contributed by atoms with Crippen LogP contribution in [0.1, 0.15) is 36.1 Å². The maximum atomic E-state index is 11.7. The summed E-state index contributed by atoms with van der Waals surface area (Å²) < 4.78 is 12.0. The van der Waals surface area contributed by atoms with Crippen LogP contribution in [-0.2, 0) is 30.8 Å². The highest BCUT2D eigenvalue weighted by Crippen LogP contribution is 2.32. The second kappa shape index (κ2) is 9.19. The number of carbonyl (C=O) groups excluding carboxylic acids is 1. The van der Waals surface area contributed by atoms with E-state index in [1.165, 1.54) is 5.56 Å². The number of fused-ring (bicyclic) bond motifs is 1. The van der Waals surface area contributed by atoms with Gasteiger partial charge >= 0.3 is 0 Å². The molecule has 4 rings (SSSR count). The van der Waals surface area contributed by atoms with Crippen LogP contribution in [0.3, 0.4) is 0 Å². The van der Waals surface area contributed by atoms with Gasteiger partial charge in [0.05, 0.1) is 6.26 Å². The Hall–Kier alpha value is -3.37. The Morgan fingerprint density at radius 2 is 1.87 bits per heavy atom. The molecule has 4 heteroatoms. The number of aryl methyl sites for hydroxylation is 1. The number of benzene rings is 3. The molecule has 3 aromatic carbocycles. The lowest BCUT2D eigenvalue weighted by atomic mass is 9.99. The Bertz CT molecular complexity index is 1220. The van der Waals surface area contributed by atoms with Crippen molar-refractivity contribution in [3.8, 4) is 16.9 Å². The molecule has 0 saturated heterocycles. The molecule has 0 radical (unpaired) electrons. The Morgan fingerprint density at radius 3 is 2.65 bits per heavy atom. The van der Waals surface area contributed by atoms with Gasteiger partial charge in [-0.25, -0.2) is 0 Å². The summed E-state index contributed by atoms with van der Waals surface area (Å²) in [5.41, 5.74) is 13.0. The minimum Gasteiger partial charge on any atom is -0.489 e. The fourth-order valence-corrected chi connectivity index (χ4v) is 3.84. The number of ketones is 1. The van der Waals surface area contributed by atoms with Gasteiger partial charge in [-0.2, -0.15) is 0 Å². The second-order valence-corrected chi connectivity index (χ2v) is 7.85. The summed E-state index contributed by atoms with van der Waals surface area (Å²) in [6, 6.07) is 20.5. The molecule has 1 aromatic heterocycles. The van der Waals surface area contributed by atoms with Crippen molar-refractivity contribution in [2.75, 3.05) is 0 Å². The summed E-state index contributed by atoms with van der Waals surface area (Å²) >= 11 is 0. The molecule has 31 heavy (non-hydrogen) atoms. The SMILES string of the molecule is CCc1ccc(CC(C)=O)c(OCc2cc(-c3cccc(CN)c3)c3occc3c2)c1. The smallest absolute Gasteiger partial charge is 0.141 e. The Balaban J connectivity index is 1.68. The van der Waals surface area contributed by atoms with Crippen LogP contribution in [0.4, 0.5) is 0 Å². The van der Waals surface area contributed by atoms with Crippen LogP contribution in [0, 0.1) is 0 Å². The lowest BCUT2D eigenvalue weighted by Gasteiger charge is -2.14. The average molecular weight is 414 g/mol. The zero-order chi connectivity index (χ0) is 21.8. The third kappa shape index (κ3) is 4.70. The molecule has 0 atom stereocenters. The van der Waals surface area contributed by atoms with Gasteiger partial charge in [0.2, 0.25) is 0 Å². The molecule has 4 aromatic rings. The monoisotopic (exact) mass is 413 g/mol. The average Bonchev–Trinajstić information content (AvgIpc) is 3.26. The van der Waals surface area contributed by atoms with E-state index < -0.39 is 0 Å². The molecular formula is C27H27NO3. The first-order valence-corrected chi connectivity index (χ1v) is 10.6. The maximum absolute atomic E-state index is 11.7. The van der Waals surface area contributed by atoms with Gasteiger partial charge in [0.15, 0.2) is 0 Å². The Kier molecular flexibility index (Phi) is 6.19. The number of carbonyl (C=O) groups is 1. The molecular weight excluding hydrogens is 386 g/mol. The highest BCUT2D eigenvalue weighted by atomic mass is 16.5. The summed E-state index contributed by atoms with van der Waals surface area (Å²) in [4.78, 5) is 11.7. The highest BCUT2D eigenvalue weighted by molar-refractivity contribution is 5.93. The van der Waals surface area contributed by atoms with Crippen LogP contribution < -0.4 is 10.5 Å². The predicted octanol–water partition coefficient (Wildman–Crippen LogP) is 5.83. The van der Waals surface area contributed by atoms with Crippen LogP contribution in [-0.4, -0.2) is 5.78 Å². The predicted molar refractivity (Wildman–Crippen MR) is 124 cm³/mol. The van der Waals surface area contributed by atoms with Gasteiger partial charge in [-0.1, -0.05) is 37.3 Å². The van der Waals surface area contributed by atoms with Crippen molar-refractivity contribution in [2.24, 2.45) is 5.73 Å². The summed E-state index contributed by atoms with van der Waals surface area (Å²) in [6.07, 6.45) is 3.00. The van der Waals surface area contributed by atoms with E-state index in [0.29, 0.717) is 19.6 Å².